The summed E-state index contributed by atoms with van der Waals surface area (Å²) in [5.41, 5.74) is 7.39. The van der Waals surface area contributed by atoms with Crippen molar-refractivity contribution in [3.63, 3.8) is 0 Å². The summed E-state index contributed by atoms with van der Waals surface area (Å²) < 4.78 is 80.6. The summed E-state index contributed by atoms with van der Waals surface area (Å²) >= 11 is 0. The average Bonchev–Trinajstić information content (AvgIpc) is 3.29. The first kappa shape index (κ1) is 26.0. The Labute approximate surface area is 193 Å². The number of hydrogen-bond donors (Lipinski definition) is 1. The number of carbonyl (C=O) groups excluding carboxylic acids is 1. The predicted molar refractivity (Wildman–Crippen MR) is 111 cm³/mol. The van der Waals surface area contributed by atoms with Crippen molar-refractivity contribution in [2.24, 2.45) is 12.8 Å². The molecule has 3 unspecified atom stereocenters. The molecule has 2 aliphatic heterocycles. The minimum absolute atomic E-state index is 0.0717. The van der Waals surface area contributed by atoms with Gasteiger partial charge in [0.15, 0.2) is 6.10 Å². The Balaban J connectivity index is 0.000000588. The number of nitrogens with two attached hydrogens (primary N) is 1. The molecule has 0 amide bonds. The topological polar surface area (TPSA) is 82.6 Å². The number of hydrogen-bond acceptors (Lipinski definition) is 6. The molecule has 1 fully saturated rings. The first-order valence-electron chi connectivity index (χ1n) is 10.7. The number of halogens is 5. The van der Waals surface area contributed by atoms with Crippen LogP contribution in [0.5, 0.6) is 0 Å². The number of imidazole rings is 1. The highest BCUT2D eigenvalue weighted by Crippen LogP contribution is 2.42. The number of carbonyl (C=O) groups is 1. The zero-order valence-corrected chi connectivity index (χ0v) is 19.0. The largest absolute Gasteiger partial charge is 0.468 e. The van der Waals surface area contributed by atoms with E-state index in [1.807, 2.05) is 18.5 Å². The van der Waals surface area contributed by atoms with E-state index in [0.29, 0.717) is 19.6 Å². The third-order valence-corrected chi connectivity index (χ3v) is 6.06. The van der Waals surface area contributed by atoms with Gasteiger partial charge in [0.1, 0.15) is 23.6 Å². The van der Waals surface area contributed by atoms with Gasteiger partial charge >= 0.3 is 6.18 Å². The zero-order valence-electron chi connectivity index (χ0n) is 19.0. The minimum atomic E-state index is -4.69. The van der Waals surface area contributed by atoms with Gasteiger partial charge in [0.25, 0.3) is 6.47 Å². The van der Waals surface area contributed by atoms with Crippen molar-refractivity contribution in [1.29, 1.82) is 0 Å². The fourth-order valence-electron chi connectivity index (χ4n) is 4.34. The van der Waals surface area contributed by atoms with E-state index in [1.54, 1.807) is 11.8 Å². The Morgan fingerprint density at radius 3 is 2.56 bits per heavy atom. The maximum atomic E-state index is 14.2. The maximum Gasteiger partial charge on any atom is 0.416 e. The third kappa shape index (κ3) is 5.39. The number of aryl methyl sites for hydroxylation is 1. The lowest BCUT2D eigenvalue weighted by Crippen LogP contribution is -2.58. The molecule has 3 heterocycles. The van der Waals surface area contributed by atoms with E-state index in [2.05, 4.69) is 9.72 Å². The van der Waals surface area contributed by atoms with Crippen LogP contribution in [-0.2, 0) is 34.4 Å². The molecule has 7 nitrogen and oxygen atoms in total. The van der Waals surface area contributed by atoms with Gasteiger partial charge in [-0.2, -0.15) is 13.2 Å². The van der Waals surface area contributed by atoms with E-state index in [0.717, 1.165) is 35.4 Å². The summed E-state index contributed by atoms with van der Waals surface area (Å²) in [5.74, 6) is -0.820. The van der Waals surface area contributed by atoms with E-state index < -0.39 is 42.1 Å². The molecule has 0 spiro atoms. The molecule has 4 rings (SSSR count). The minimum Gasteiger partial charge on any atom is -0.468 e. The normalized spacial score (nSPS) is 24.9. The van der Waals surface area contributed by atoms with Crippen molar-refractivity contribution >= 4 is 6.47 Å². The van der Waals surface area contributed by atoms with Gasteiger partial charge in [-0.3, -0.25) is 9.69 Å². The lowest BCUT2D eigenvalue weighted by atomic mass is 9.89. The molecule has 2 aliphatic rings. The van der Waals surface area contributed by atoms with Crippen LogP contribution in [0.25, 0.3) is 0 Å². The van der Waals surface area contributed by atoms with Gasteiger partial charge in [0.05, 0.1) is 18.0 Å². The number of aromatic nitrogens is 2. The number of benzene rings is 1. The summed E-state index contributed by atoms with van der Waals surface area (Å²) in [6, 6.07) is 0.626. The van der Waals surface area contributed by atoms with Crippen LogP contribution in [-0.4, -0.2) is 51.9 Å². The second-order valence-corrected chi connectivity index (χ2v) is 8.22. The van der Waals surface area contributed by atoms with Crippen molar-refractivity contribution in [2.75, 3.05) is 6.61 Å². The summed E-state index contributed by atoms with van der Waals surface area (Å²) in [5, 5.41) is 0. The fraction of sp³-hybridized carbons (Fsp3) is 0.545. The summed E-state index contributed by atoms with van der Waals surface area (Å²) in [4.78, 5) is 15.2. The summed E-state index contributed by atoms with van der Waals surface area (Å²) in [7, 11) is 1.82. The van der Waals surface area contributed by atoms with Crippen LogP contribution in [0.15, 0.2) is 18.2 Å². The van der Waals surface area contributed by atoms with Crippen LogP contribution in [0.2, 0.25) is 0 Å². The predicted octanol–water partition coefficient (Wildman–Crippen LogP) is 3.29. The van der Waals surface area contributed by atoms with E-state index in [9.17, 15) is 26.7 Å². The third-order valence-electron chi connectivity index (χ3n) is 6.06. The van der Waals surface area contributed by atoms with Gasteiger partial charge in [-0.25, -0.2) is 13.8 Å². The van der Waals surface area contributed by atoms with Gasteiger partial charge in [0, 0.05) is 37.8 Å². The lowest BCUT2D eigenvalue weighted by Gasteiger charge is -2.44. The fourth-order valence-corrected chi connectivity index (χ4v) is 4.34. The molecule has 2 aromatic rings. The van der Waals surface area contributed by atoms with Crippen molar-refractivity contribution in [2.45, 2.75) is 63.8 Å². The second-order valence-electron chi connectivity index (χ2n) is 8.22. The lowest BCUT2D eigenvalue weighted by molar-refractivity contribution is -0.269. The summed E-state index contributed by atoms with van der Waals surface area (Å²) in [6.45, 7) is 5.04. The SMILES string of the molecule is CCOC=O.Cc1nc2c(n1C)CN(C1CC(N)[C@@H](c3cc(F)ccc3F)OC1C(F)(F)F)C2. The van der Waals surface area contributed by atoms with E-state index in [-0.39, 0.29) is 18.5 Å². The number of fused-ring (bicyclic) bond motifs is 1. The van der Waals surface area contributed by atoms with Gasteiger partial charge in [0.2, 0.25) is 0 Å². The highest BCUT2D eigenvalue weighted by atomic mass is 19.4. The van der Waals surface area contributed by atoms with Crippen LogP contribution in [0, 0.1) is 18.6 Å². The quantitative estimate of drug-likeness (QED) is 0.523. The van der Waals surface area contributed by atoms with E-state index in [1.165, 1.54) is 0 Å². The number of ether oxygens (including phenoxy) is 2. The van der Waals surface area contributed by atoms with Crippen LogP contribution >= 0.6 is 0 Å². The Bertz CT molecular complexity index is 1010. The molecule has 2 N–H and O–H groups in total. The maximum absolute atomic E-state index is 14.2. The first-order valence-corrected chi connectivity index (χ1v) is 10.7. The van der Waals surface area contributed by atoms with Crippen molar-refractivity contribution in [3.8, 4) is 0 Å². The summed E-state index contributed by atoms with van der Waals surface area (Å²) in [6.07, 6.45) is -8.33. The molecule has 1 aromatic heterocycles. The molecular formula is C22H27F5N4O3. The highest BCUT2D eigenvalue weighted by molar-refractivity contribution is 5.36. The number of alkyl halides is 3. The molecule has 1 aromatic carbocycles. The van der Waals surface area contributed by atoms with Crippen LogP contribution < -0.4 is 5.73 Å². The van der Waals surface area contributed by atoms with Gasteiger partial charge in [-0.05, 0) is 38.5 Å². The highest BCUT2D eigenvalue weighted by Gasteiger charge is 2.54. The molecule has 12 heteroatoms. The molecule has 1 saturated heterocycles. The standard InChI is InChI=1S/C19H21F5N4O.C3H6O2/c1-9-26-14-7-28(8-16(14)27(9)2)15-6-13(25)17(29-18(15)19(22,23)24)11-5-10(20)3-4-12(11)21;1-2-5-3-4/h3-5,13,15,17-18H,6-8,25H2,1-2H3;3H,2H2,1H3/t13?,15?,17-,18?;/m1./s1. The number of nitrogens with zero attached hydrogens (tertiary/aromatic N) is 3. The second kappa shape index (κ2) is 10.4. The van der Waals surface area contributed by atoms with E-state index >= 15 is 0 Å². The molecule has 0 aliphatic carbocycles. The molecule has 0 saturated carbocycles. The van der Waals surface area contributed by atoms with Crippen molar-refractivity contribution in [1.82, 2.24) is 14.5 Å². The van der Waals surface area contributed by atoms with Gasteiger partial charge in [-0.1, -0.05) is 0 Å². The zero-order chi connectivity index (χ0) is 25.2. The van der Waals surface area contributed by atoms with Crippen LogP contribution in [0.1, 0.15) is 42.2 Å². The number of rotatable bonds is 4. The average molecular weight is 490 g/mol. The smallest absolute Gasteiger partial charge is 0.416 e. The first-order chi connectivity index (χ1) is 16.0. The Morgan fingerprint density at radius 1 is 1.29 bits per heavy atom. The molecular weight excluding hydrogens is 463 g/mol. The monoisotopic (exact) mass is 490 g/mol. The molecule has 34 heavy (non-hydrogen) atoms. The van der Waals surface area contributed by atoms with Crippen LogP contribution in [0.3, 0.4) is 0 Å². The molecule has 0 bridgehead atoms. The van der Waals surface area contributed by atoms with E-state index in [4.69, 9.17) is 10.5 Å². The van der Waals surface area contributed by atoms with Gasteiger partial charge in [-0.15, -0.1) is 0 Å². The molecule has 4 atom stereocenters. The van der Waals surface area contributed by atoms with Crippen molar-refractivity contribution in [3.05, 3.63) is 52.6 Å². The van der Waals surface area contributed by atoms with Gasteiger partial charge < -0.3 is 19.8 Å². The van der Waals surface area contributed by atoms with Crippen molar-refractivity contribution < 1.29 is 36.2 Å². The molecule has 0 radical (unpaired) electrons. The van der Waals surface area contributed by atoms with Crippen LogP contribution in [0.4, 0.5) is 22.0 Å². The Hall–Kier alpha value is -2.57. The Kier molecular flexibility index (Phi) is 7.94. The Morgan fingerprint density at radius 2 is 2.00 bits per heavy atom. The molecule has 188 valence electrons.